The molecular weight excluding hydrogens is 574 g/mol. The lowest BCUT2D eigenvalue weighted by Crippen LogP contribution is -2.34. The first-order valence-corrected chi connectivity index (χ1v) is 14.0. The molecule has 0 aliphatic heterocycles. The van der Waals surface area contributed by atoms with Crippen molar-refractivity contribution in [1.29, 1.82) is 0 Å². The van der Waals surface area contributed by atoms with Crippen molar-refractivity contribution in [2.24, 2.45) is 5.73 Å². The molecule has 0 radical (unpaired) electrons. The Morgan fingerprint density at radius 2 is 1.73 bits per heavy atom. The largest absolute Gasteiger partial charge is 0.390 e. The highest BCUT2D eigenvalue weighted by Crippen LogP contribution is 2.41. The van der Waals surface area contributed by atoms with Gasteiger partial charge in [-0.2, -0.15) is 13.2 Å². The molecule has 0 aliphatic carbocycles. The number of primary amides is 1. The van der Waals surface area contributed by atoms with Gasteiger partial charge in [-0.3, -0.25) is 9.59 Å². The summed E-state index contributed by atoms with van der Waals surface area (Å²) in [7, 11) is -3.90. The lowest BCUT2D eigenvalue weighted by molar-refractivity contribution is -0.148. The van der Waals surface area contributed by atoms with Crippen LogP contribution < -0.4 is 15.8 Å². The first-order valence-electron chi connectivity index (χ1n) is 10.9. The number of carbonyl (C=O) groups is 2. The number of hydrogen-bond acceptors (Lipinski definition) is 5. The average molecular weight is 596 g/mol. The molecule has 0 bridgehead atoms. The van der Waals surface area contributed by atoms with Gasteiger partial charge in [0.15, 0.2) is 0 Å². The van der Waals surface area contributed by atoms with Gasteiger partial charge in [0.1, 0.15) is 4.90 Å². The van der Waals surface area contributed by atoms with Crippen LogP contribution in [-0.4, -0.2) is 39.5 Å². The molecule has 0 saturated heterocycles. The summed E-state index contributed by atoms with van der Waals surface area (Å²) in [5.74, 6) is -3.50. The normalized spacial score (nSPS) is 13.0. The fraction of sp³-hybridized carbons (Fsp3) is 0.304. The second kappa shape index (κ2) is 12.0. The van der Waals surface area contributed by atoms with E-state index in [1.165, 1.54) is 18.2 Å². The standard InChI is InChI=1S/C23H22Cl2F3N3O4S2/c24-13-7-8-18(16(25)11-13)37(34,35)31-10-4-3-9-30-22(33)15(12-23(26,27)28)19-14-5-1-2-6-17(14)36-20(19)21(29)32/h1-2,5-8,11,15,31H,3-4,9-10,12H2,(H2,29,32)(H,30,33). The Hall–Kier alpha value is -2.38. The number of sulfonamides is 1. The van der Waals surface area contributed by atoms with Crippen molar-refractivity contribution < 1.29 is 31.2 Å². The van der Waals surface area contributed by atoms with Crippen LogP contribution in [0, 0.1) is 0 Å². The summed E-state index contributed by atoms with van der Waals surface area (Å²) in [6, 6.07) is 10.4. The molecule has 1 heterocycles. The monoisotopic (exact) mass is 595 g/mol. The SMILES string of the molecule is NC(=O)c1sc2ccccc2c1C(CC(F)(F)F)C(=O)NCCCCNS(=O)(=O)c1ccc(Cl)cc1Cl. The average Bonchev–Trinajstić information content (AvgIpc) is 3.18. The summed E-state index contributed by atoms with van der Waals surface area (Å²) in [4.78, 5) is 24.6. The molecule has 2 amide bonds. The van der Waals surface area contributed by atoms with Crippen molar-refractivity contribution in [2.75, 3.05) is 13.1 Å². The fourth-order valence-electron chi connectivity index (χ4n) is 3.71. The first-order chi connectivity index (χ1) is 17.3. The minimum atomic E-state index is -4.68. The molecule has 4 N–H and O–H groups in total. The molecule has 1 aromatic heterocycles. The minimum absolute atomic E-state index is 0.00410. The summed E-state index contributed by atoms with van der Waals surface area (Å²) in [6.07, 6.45) is -5.60. The number of fused-ring (bicyclic) bond motifs is 1. The van der Waals surface area contributed by atoms with Gasteiger partial charge in [-0.25, -0.2) is 13.1 Å². The molecular formula is C23H22Cl2F3N3O4S2. The van der Waals surface area contributed by atoms with Crippen LogP contribution in [0.15, 0.2) is 47.4 Å². The summed E-state index contributed by atoms with van der Waals surface area (Å²) < 4.78 is 67.9. The van der Waals surface area contributed by atoms with Crippen LogP contribution in [0.2, 0.25) is 10.0 Å². The molecule has 37 heavy (non-hydrogen) atoms. The maximum Gasteiger partial charge on any atom is 0.390 e. The van der Waals surface area contributed by atoms with Crippen LogP contribution in [0.5, 0.6) is 0 Å². The van der Waals surface area contributed by atoms with E-state index in [0.717, 1.165) is 11.3 Å². The van der Waals surface area contributed by atoms with E-state index in [4.69, 9.17) is 28.9 Å². The van der Waals surface area contributed by atoms with E-state index in [2.05, 4.69) is 10.0 Å². The van der Waals surface area contributed by atoms with E-state index < -0.39 is 40.4 Å². The Labute approximate surface area is 225 Å². The van der Waals surface area contributed by atoms with Gasteiger partial charge in [-0.1, -0.05) is 41.4 Å². The molecule has 1 unspecified atom stereocenters. The number of benzene rings is 2. The number of halogens is 5. The Morgan fingerprint density at radius 1 is 1.05 bits per heavy atom. The van der Waals surface area contributed by atoms with E-state index in [0.29, 0.717) is 10.1 Å². The second-order valence-corrected chi connectivity index (χ2v) is 11.7. The maximum atomic E-state index is 13.4. The van der Waals surface area contributed by atoms with Crippen LogP contribution in [0.3, 0.4) is 0 Å². The third-order valence-electron chi connectivity index (χ3n) is 5.34. The highest BCUT2D eigenvalue weighted by molar-refractivity contribution is 7.89. The van der Waals surface area contributed by atoms with Gasteiger partial charge in [-0.15, -0.1) is 11.3 Å². The Balaban J connectivity index is 1.64. The lowest BCUT2D eigenvalue weighted by Gasteiger charge is -2.19. The van der Waals surface area contributed by atoms with Crippen molar-refractivity contribution in [3.05, 3.63) is 63.0 Å². The molecule has 14 heteroatoms. The van der Waals surface area contributed by atoms with Gasteiger partial charge in [0.25, 0.3) is 5.91 Å². The number of hydrogen-bond donors (Lipinski definition) is 3. The van der Waals surface area contributed by atoms with Crippen molar-refractivity contribution in [3.63, 3.8) is 0 Å². The van der Waals surface area contributed by atoms with E-state index in [1.54, 1.807) is 24.3 Å². The predicted octanol–water partition coefficient (Wildman–Crippen LogP) is 5.22. The van der Waals surface area contributed by atoms with Crippen molar-refractivity contribution >= 4 is 66.5 Å². The topological polar surface area (TPSA) is 118 Å². The zero-order chi connectivity index (χ0) is 27.4. The highest BCUT2D eigenvalue weighted by Gasteiger charge is 2.39. The van der Waals surface area contributed by atoms with E-state index in [-0.39, 0.29) is 51.3 Å². The molecule has 200 valence electrons. The van der Waals surface area contributed by atoms with Gasteiger partial charge in [0, 0.05) is 22.8 Å². The molecule has 3 rings (SSSR count). The summed E-state index contributed by atoms with van der Waals surface area (Å²) in [5, 5.41) is 3.07. The van der Waals surface area contributed by atoms with Gasteiger partial charge in [-0.05, 0) is 48.1 Å². The van der Waals surface area contributed by atoms with Gasteiger partial charge in [0.2, 0.25) is 15.9 Å². The molecule has 0 saturated carbocycles. The van der Waals surface area contributed by atoms with Gasteiger partial charge < -0.3 is 11.1 Å². The summed E-state index contributed by atoms with van der Waals surface area (Å²) in [6.45, 7) is -0.00523. The quantitative estimate of drug-likeness (QED) is 0.263. The Morgan fingerprint density at radius 3 is 2.38 bits per heavy atom. The second-order valence-electron chi connectivity index (χ2n) is 8.05. The number of amides is 2. The maximum absolute atomic E-state index is 13.4. The molecule has 2 aromatic carbocycles. The number of unbranched alkanes of at least 4 members (excludes halogenated alkanes) is 1. The van der Waals surface area contributed by atoms with Crippen LogP contribution in [-0.2, 0) is 14.8 Å². The molecule has 1 atom stereocenters. The van der Waals surface area contributed by atoms with E-state index in [9.17, 15) is 31.2 Å². The van der Waals surface area contributed by atoms with Crippen molar-refractivity contribution in [1.82, 2.24) is 10.0 Å². The van der Waals surface area contributed by atoms with Crippen LogP contribution in [0.4, 0.5) is 13.2 Å². The van der Waals surface area contributed by atoms with E-state index in [1.807, 2.05) is 0 Å². The Kier molecular flexibility index (Phi) is 9.46. The number of rotatable bonds is 11. The third kappa shape index (κ3) is 7.57. The number of thiophene rings is 1. The molecule has 3 aromatic rings. The van der Waals surface area contributed by atoms with Crippen LogP contribution in [0.1, 0.15) is 40.4 Å². The summed E-state index contributed by atoms with van der Waals surface area (Å²) in [5.41, 5.74) is 5.37. The number of nitrogens with one attached hydrogen (secondary N) is 2. The predicted molar refractivity (Wildman–Crippen MR) is 138 cm³/mol. The smallest absolute Gasteiger partial charge is 0.365 e. The molecule has 0 aliphatic rings. The molecule has 7 nitrogen and oxygen atoms in total. The van der Waals surface area contributed by atoms with Crippen molar-refractivity contribution in [3.8, 4) is 0 Å². The van der Waals surface area contributed by atoms with Crippen LogP contribution in [0.25, 0.3) is 10.1 Å². The lowest BCUT2D eigenvalue weighted by atomic mass is 9.91. The van der Waals surface area contributed by atoms with Crippen LogP contribution >= 0.6 is 34.5 Å². The molecule has 0 fully saturated rings. The van der Waals surface area contributed by atoms with Gasteiger partial charge >= 0.3 is 6.18 Å². The van der Waals surface area contributed by atoms with E-state index >= 15 is 0 Å². The fourth-order valence-corrected chi connectivity index (χ4v) is 6.68. The first kappa shape index (κ1) is 29.2. The van der Waals surface area contributed by atoms with Crippen molar-refractivity contribution in [2.45, 2.75) is 36.3 Å². The Bertz CT molecular complexity index is 1410. The number of nitrogens with two attached hydrogens (primary N) is 1. The number of alkyl halides is 3. The van der Waals surface area contributed by atoms with Gasteiger partial charge in [0.05, 0.1) is 22.2 Å². The number of carbonyl (C=O) groups excluding carboxylic acids is 2. The minimum Gasteiger partial charge on any atom is -0.365 e. The zero-order valence-electron chi connectivity index (χ0n) is 19.1. The zero-order valence-corrected chi connectivity index (χ0v) is 22.2. The summed E-state index contributed by atoms with van der Waals surface area (Å²) >= 11 is 12.7. The third-order valence-corrected chi connectivity index (χ3v) is 8.72. The highest BCUT2D eigenvalue weighted by atomic mass is 35.5. The molecule has 0 spiro atoms.